The molecule has 1 aromatic rings. The zero-order chi connectivity index (χ0) is 30.2. The number of carbonyl (C=O) groups excluding carboxylic acids is 5. The Labute approximate surface area is 249 Å². The molecule has 0 unspecified atom stereocenters. The van der Waals surface area contributed by atoms with Gasteiger partial charge in [0.2, 0.25) is 11.8 Å². The van der Waals surface area contributed by atoms with E-state index in [9.17, 15) is 24.0 Å². The summed E-state index contributed by atoms with van der Waals surface area (Å²) in [6.45, 7) is 4.07. The van der Waals surface area contributed by atoms with E-state index in [0.717, 1.165) is 25.0 Å². The Morgan fingerprint density at radius 1 is 0.929 bits per heavy atom. The number of ether oxygens (including phenoxy) is 3. The summed E-state index contributed by atoms with van der Waals surface area (Å²) in [7, 11) is 0. The van der Waals surface area contributed by atoms with Gasteiger partial charge in [-0.2, -0.15) is 11.8 Å². The van der Waals surface area contributed by atoms with Crippen molar-refractivity contribution in [1.29, 1.82) is 0 Å². The highest BCUT2D eigenvalue weighted by molar-refractivity contribution is 8.00. The highest BCUT2D eigenvalue weighted by Crippen LogP contribution is 2.33. The maximum atomic E-state index is 12.3. The van der Waals surface area contributed by atoms with Gasteiger partial charge in [0.15, 0.2) is 0 Å². The van der Waals surface area contributed by atoms with Crippen LogP contribution in [0.25, 0.3) is 0 Å². The number of anilines is 1. The second-order valence-electron chi connectivity index (χ2n) is 9.81. The second kappa shape index (κ2) is 18.2. The van der Waals surface area contributed by atoms with Crippen LogP contribution in [0, 0.1) is 0 Å². The van der Waals surface area contributed by atoms with Crippen LogP contribution in [-0.2, 0) is 28.6 Å². The Balaban J connectivity index is 1.11. The minimum atomic E-state index is -0.598. The monoisotopic (exact) mass is 607 g/mol. The maximum Gasteiger partial charge on any atom is 0.315 e. The van der Waals surface area contributed by atoms with Crippen LogP contribution in [0.4, 0.5) is 10.5 Å². The molecule has 1 aromatic carbocycles. The number of benzene rings is 1. The number of urea groups is 1. The van der Waals surface area contributed by atoms with Gasteiger partial charge in [-0.1, -0.05) is 6.42 Å². The molecule has 14 heteroatoms. The van der Waals surface area contributed by atoms with Gasteiger partial charge >= 0.3 is 12.0 Å². The molecule has 2 heterocycles. The molecule has 0 spiro atoms. The molecule has 0 radical (unpaired) electrons. The molecular formula is C28H41N5O8S. The Bertz CT molecular complexity index is 1060. The Hall–Kier alpha value is -3.36. The summed E-state index contributed by atoms with van der Waals surface area (Å²) in [6.07, 6.45) is 2.85. The third kappa shape index (κ3) is 11.9. The van der Waals surface area contributed by atoms with Gasteiger partial charge in [-0.25, -0.2) is 4.79 Å². The zero-order valence-corrected chi connectivity index (χ0v) is 24.7. The van der Waals surface area contributed by atoms with Gasteiger partial charge < -0.3 is 40.8 Å². The van der Waals surface area contributed by atoms with Gasteiger partial charge in [-0.15, -0.1) is 0 Å². The van der Waals surface area contributed by atoms with Crippen molar-refractivity contribution in [3.8, 4) is 0 Å². The molecule has 0 aromatic heterocycles. The van der Waals surface area contributed by atoms with Gasteiger partial charge in [0, 0.05) is 41.8 Å². The molecular weight excluding hydrogens is 566 g/mol. The van der Waals surface area contributed by atoms with E-state index in [-0.39, 0.29) is 43.0 Å². The van der Waals surface area contributed by atoms with Crippen LogP contribution in [-0.4, -0.2) is 98.9 Å². The average molecular weight is 608 g/mol. The van der Waals surface area contributed by atoms with E-state index < -0.39 is 11.9 Å². The molecule has 13 nitrogen and oxygen atoms in total. The summed E-state index contributed by atoms with van der Waals surface area (Å²) in [5.74, 6) is -0.416. The fraction of sp³-hybridized carbons (Fsp3) is 0.607. The average Bonchev–Trinajstić information content (AvgIpc) is 3.51. The van der Waals surface area contributed by atoms with Crippen molar-refractivity contribution in [2.75, 3.05) is 57.2 Å². The number of thioether (sulfide) groups is 1. The molecule has 2 saturated heterocycles. The molecule has 2 aliphatic heterocycles. The van der Waals surface area contributed by atoms with Crippen LogP contribution < -0.4 is 26.6 Å². The number of unbranched alkanes of at least 4 members (excludes halogenated alkanes) is 1. The summed E-state index contributed by atoms with van der Waals surface area (Å²) < 4.78 is 15.7. The molecule has 232 valence electrons. The molecule has 2 fully saturated rings. The van der Waals surface area contributed by atoms with Crippen molar-refractivity contribution >= 4 is 47.2 Å². The van der Waals surface area contributed by atoms with Gasteiger partial charge in [0.25, 0.3) is 5.91 Å². The highest BCUT2D eigenvalue weighted by atomic mass is 32.2. The quantitative estimate of drug-likeness (QED) is 0.0670. The SMILES string of the molecule is CCOC(=O)CC(=O)Nc1ccc(C(=O)NCCOCCOCCNC(=O)CCCC[C@@H]2SC[C@@H]3NC(=O)N[C@@H]32)cc1. The van der Waals surface area contributed by atoms with E-state index in [0.29, 0.717) is 62.4 Å². The number of nitrogens with one attached hydrogen (secondary N) is 5. The lowest BCUT2D eigenvalue weighted by Gasteiger charge is -2.16. The van der Waals surface area contributed by atoms with Crippen molar-refractivity contribution in [3.05, 3.63) is 29.8 Å². The smallest absolute Gasteiger partial charge is 0.315 e. The van der Waals surface area contributed by atoms with Crippen molar-refractivity contribution in [2.45, 2.75) is 56.4 Å². The van der Waals surface area contributed by atoms with Crippen molar-refractivity contribution in [3.63, 3.8) is 0 Å². The predicted molar refractivity (Wildman–Crippen MR) is 157 cm³/mol. The van der Waals surface area contributed by atoms with Crippen LogP contribution in [0.3, 0.4) is 0 Å². The number of carbonyl (C=O) groups is 5. The number of hydrogen-bond acceptors (Lipinski definition) is 9. The lowest BCUT2D eigenvalue weighted by atomic mass is 10.0. The lowest BCUT2D eigenvalue weighted by molar-refractivity contribution is -0.145. The minimum absolute atomic E-state index is 0.00627. The third-order valence-corrected chi connectivity index (χ3v) is 8.10. The van der Waals surface area contributed by atoms with Crippen molar-refractivity contribution < 1.29 is 38.2 Å². The van der Waals surface area contributed by atoms with Gasteiger partial charge in [0.05, 0.1) is 45.1 Å². The van der Waals surface area contributed by atoms with Crippen molar-refractivity contribution in [1.82, 2.24) is 21.3 Å². The first kappa shape index (κ1) is 33.1. The number of rotatable bonds is 19. The largest absolute Gasteiger partial charge is 0.466 e. The molecule has 0 aliphatic carbocycles. The lowest BCUT2D eigenvalue weighted by Crippen LogP contribution is -2.36. The molecule has 5 N–H and O–H groups in total. The molecule has 0 saturated carbocycles. The zero-order valence-electron chi connectivity index (χ0n) is 23.9. The summed E-state index contributed by atoms with van der Waals surface area (Å²) in [6, 6.07) is 6.66. The number of esters is 1. The van der Waals surface area contributed by atoms with E-state index in [4.69, 9.17) is 14.2 Å². The highest BCUT2D eigenvalue weighted by Gasteiger charge is 2.42. The van der Waals surface area contributed by atoms with Crippen LogP contribution >= 0.6 is 11.8 Å². The van der Waals surface area contributed by atoms with Crippen LogP contribution in [0.5, 0.6) is 0 Å². The molecule has 5 amide bonds. The number of fused-ring (bicyclic) bond motifs is 1. The van der Waals surface area contributed by atoms with Crippen molar-refractivity contribution in [2.24, 2.45) is 0 Å². The van der Waals surface area contributed by atoms with E-state index in [2.05, 4.69) is 26.6 Å². The normalized spacial score (nSPS) is 18.9. The van der Waals surface area contributed by atoms with E-state index in [1.165, 1.54) is 0 Å². The fourth-order valence-corrected chi connectivity index (χ4v) is 6.08. The molecule has 3 rings (SSSR count). The Morgan fingerprint density at radius 3 is 2.36 bits per heavy atom. The topological polar surface area (TPSA) is 173 Å². The number of hydrogen-bond donors (Lipinski definition) is 5. The first-order valence-electron chi connectivity index (χ1n) is 14.3. The number of amides is 5. The predicted octanol–water partition coefficient (Wildman–Crippen LogP) is 1.18. The molecule has 0 bridgehead atoms. The Kier molecular flexibility index (Phi) is 14.4. The van der Waals surface area contributed by atoms with E-state index >= 15 is 0 Å². The van der Waals surface area contributed by atoms with E-state index in [1.54, 1.807) is 31.2 Å². The van der Waals surface area contributed by atoms with Crippen LogP contribution in [0.15, 0.2) is 24.3 Å². The maximum absolute atomic E-state index is 12.3. The van der Waals surface area contributed by atoms with Crippen LogP contribution in [0.1, 0.15) is 49.4 Å². The van der Waals surface area contributed by atoms with Gasteiger partial charge in [-0.05, 0) is 44.0 Å². The van der Waals surface area contributed by atoms with Gasteiger partial charge in [-0.3, -0.25) is 19.2 Å². The standard InChI is InChI=1S/C28H41N5O8S/c1-2-41-25(36)17-24(35)31-20-9-7-19(8-10-20)27(37)30-12-14-40-16-15-39-13-11-29-23(34)6-4-3-5-22-26-21(18-42-22)32-28(38)33-26/h7-10,21-22,26H,2-6,11-18H2,1H3,(H,29,34)(H,30,37)(H,31,35)(H2,32,33,38)/t21-,22-,26-/m0/s1. The van der Waals surface area contributed by atoms with E-state index in [1.807, 2.05) is 11.8 Å². The molecule has 2 aliphatic rings. The summed E-state index contributed by atoms with van der Waals surface area (Å²) >= 11 is 1.88. The second-order valence-corrected chi connectivity index (χ2v) is 11.1. The summed E-state index contributed by atoms with van der Waals surface area (Å²) in [4.78, 5) is 58.9. The minimum Gasteiger partial charge on any atom is -0.466 e. The van der Waals surface area contributed by atoms with Gasteiger partial charge in [0.1, 0.15) is 6.42 Å². The first-order chi connectivity index (χ1) is 20.4. The summed E-state index contributed by atoms with van der Waals surface area (Å²) in [5, 5.41) is 14.5. The first-order valence-corrected chi connectivity index (χ1v) is 15.3. The molecule has 3 atom stereocenters. The molecule has 42 heavy (non-hydrogen) atoms. The fourth-order valence-electron chi connectivity index (χ4n) is 4.54. The van der Waals surface area contributed by atoms with Crippen LogP contribution in [0.2, 0.25) is 0 Å². The Morgan fingerprint density at radius 2 is 1.64 bits per heavy atom. The summed E-state index contributed by atoms with van der Waals surface area (Å²) in [5.41, 5.74) is 0.891. The third-order valence-electron chi connectivity index (χ3n) is 6.59.